The Morgan fingerprint density at radius 2 is 1.78 bits per heavy atom. The van der Waals surface area contributed by atoms with Crippen molar-refractivity contribution in [2.24, 2.45) is 5.92 Å². The van der Waals surface area contributed by atoms with Gasteiger partial charge in [0.05, 0.1) is 23.5 Å². The predicted octanol–water partition coefficient (Wildman–Crippen LogP) is 3.36. The summed E-state index contributed by atoms with van der Waals surface area (Å²) in [6.07, 6.45) is 8.87. The third-order valence-electron chi connectivity index (χ3n) is 6.17. The van der Waals surface area contributed by atoms with Gasteiger partial charge in [-0.2, -0.15) is 0 Å². The maximum absolute atomic E-state index is 12.1. The number of aromatic nitrogens is 2. The fourth-order valence-corrected chi connectivity index (χ4v) is 4.66. The molecule has 4 heterocycles. The average molecular weight is 364 g/mol. The summed E-state index contributed by atoms with van der Waals surface area (Å²) in [5, 5.41) is 2.95. The Kier molecular flexibility index (Phi) is 5.21. The third-order valence-corrected chi connectivity index (χ3v) is 6.17. The van der Waals surface area contributed by atoms with E-state index in [0.29, 0.717) is 6.04 Å². The van der Waals surface area contributed by atoms with E-state index in [1.807, 2.05) is 24.5 Å². The second-order valence-electron chi connectivity index (χ2n) is 7.86. The Bertz CT molecular complexity index is 821. The summed E-state index contributed by atoms with van der Waals surface area (Å²) in [5.74, 6) is 0.263. The lowest BCUT2D eigenvalue weighted by molar-refractivity contribution is -0.122. The van der Waals surface area contributed by atoms with Crippen LogP contribution in [-0.2, 0) is 11.2 Å². The van der Waals surface area contributed by atoms with Gasteiger partial charge >= 0.3 is 0 Å². The predicted molar refractivity (Wildman–Crippen MR) is 105 cm³/mol. The molecule has 1 unspecified atom stereocenters. The van der Waals surface area contributed by atoms with E-state index < -0.39 is 0 Å². The molecule has 2 saturated heterocycles. The van der Waals surface area contributed by atoms with Gasteiger partial charge in [0.2, 0.25) is 5.91 Å². The van der Waals surface area contributed by atoms with Crippen molar-refractivity contribution in [2.45, 2.75) is 51.1 Å². The maximum atomic E-state index is 12.1. The standard InChI is InChI=1S/C22H28N4O/c1-15-6-4-11-23-20(15)18-8-3-9-19(26(18)2)21-16(7-5-12-24-21)14-17-10-13-25-22(17)27/h4-7,11-12,17-19H,3,8-10,13-14H2,1-2H3,(H,25,27)/t17?,18-,19+/m0/s1. The fraction of sp³-hybridized carbons (Fsp3) is 0.500. The van der Waals surface area contributed by atoms with E-state index in [4.69, 9.17) is 4.98 Å². The molecule has 2 aromatic rings. The van der Waals surface area contributed by atoms with Crippen molar-refractivity contribution < 1.29 is 4.79 Å². The van der Waals surface area contributed by atoms with Crippen molar-refractivity contribution >= 4 is 5.91 Å². The molecule has 0 saturated carbocycles. The Labute approximate surface area is 161 Å². The Morgan fingerprint density at radius 1 is 1.07 bits per heavy atom. The van der Waals surface area contributed by atoms with Gasteiger partial charge in [-0.15, -0.1) is 0 Å². The molecule has 2 aliphatic rings. The molecule has 0 aromatic carbocycles. The lowest BCUT2D eigenvalue weighted by Gasteiger charge is -2.40. The summed E-state index contributed by atoms with van der Waals surface area (Å²) >= 11 is 0. The molecule has 2 fully saturated rings. The number of nitrogens with zero attached hydrogens (tertiary/aromatic N) is 3. The van der Waals surface area contributed by atoms with E-state index in [0.717, 1.165) is 44.3 Å². The number of hydrogen-bond acceptors (Lipinski definition) is 4. The average Bonchev–Trinajstić information content (AvgIpc) is 3.08. The second-order valence-corrected chi connectivity index (χ2v) is 7.86. The van der Waals surface area contributed by atoms with Crippen molar-refractivity contribution in [2.75, 3.05) is 13.6 Å². The molecule has 0 spiro atoms. The molecule has 5 heteroatoms. The quantitative estimate of drug-likeness (QED) is 0.904. The van der Waals surface area contributed by atoms with Crippen LogP contribution in [0.4, 0.5) is 0 Å². The molecular weight excluding hydrogens is 336 g/mol. The number of carbonyl (C=O) groups is 1. The zero-order chi connectivity index (χ0) is 18.8. The summed E-state index contributed by atoms with van der Waals surface area (Å²) in [4.78, 5) is 24.0. The van der Waals surface area contributed by atoms with E-state index >= 15 is 0 Å². The van der Waals surface area contributed by atoms with E-state index in [1.54, 1.807) is 0 Å². The van der Waals surface area contributed by atoms with Gasteiger partial charge in [-0.3, -0.25) is 19.7 Å². The Balaban J connectivity index is 1.61. The topological polar surface area (TPSA) is 58.1 Å². The first-order chi connectivity index (χ1) is 13.1. The molecule has 0 bridgehead atoms. The van der Waals surface area contributed by atoms with Crippen LogP contribution >= 0.6 is 0 Å². The molecule has 0 radical (unpaired) electrons. The minimum absolute atomic E-state index is 0.0793. The molecule has 142 valence electrons. The first-order valence-electron chi connectivity index (χ1n) is 10.00. The smallest absolute Gasteiger partial charge is 0.223 e. The highest BCUT2D eigenvalue weighted by Crippen LogP contribution is 2.41. The second kappa shape index (κ2) is 7.77. The van der Waals surface area contributed by atoms with Gasteiger partial charge in [-0.1, -0.05) is 12.1 Å². The monoisotopic (exact) mass is 364 g/mol. The third kappa shape index (κ3) is 3.61. The molecule has 27 heavy (non-hydrogen) atoms. The van der Waals surface area contributed by atoms with Crippen LogP contribution in [0.25, 0.3) is 0 Å². The van der Waals surface area contributed by atoms with Crippen molar-refractivity contribution in [3.8, 4) is 0 Å². The van der Waals surface area contributed by atoms with Gasteiger partial charge in [0.15, 0.2) is 0 Å². The molecule has 0 aliphatic carbocycles. The SMILES string of the molecule is Cc1cccnc1[C@@H]1CCC[C@H](c2ncccc2CC2CCNC2=O)N1C. The number of pyridine rings is 2. The number of rotatable bonds is 4. The van der Waals surface area contributed by atoms with E-state index in [9.17, 15) is 4.79 Å². The van der Waals surface area contributed by atoms with Crippen LogP contribution in [0.5, 0.6) is 0 Å². The molecule has 2 aliphatic heterocycles. The minimum atomic E-state index is 0.0793. The first kappa shape index (κ1) is 18.1. The van der Waals surface area contributed by atoms with Crippen molar-refractivity contribution in [3.63, 3.8) is 0 Å². The van der Waals surface area contributed by atoms with Gasteiger partial charge in [-0.05, 0) is 69.3 Å². The van der Waals surface area contributed by atoms with Crippen LogP contribution in [0.1, 0.15) is 60.3 Å². The number of hydrogen-bond donors (Lipinski definition) is 1. The molecule has 2 aromatic heterocycles. The molecule has 3 atom stereocenters. The Morgan fingerprint density at radius 3 is 2.48 bits per heavy atom. The Hall–Kier alpha value is -2.27. The van der Waals surface area contributed by atoms with Crippen molar-refractivity contribution in [3.05, 3.63) is 59.2 Å². The summed E-state index contributed by atoms with van der Waals surface area (Å²) in [5.41, 5.74) is 4.78. The van der Waals surface area contributed by atoms with E-state index in [1.165, 1.54) is 16.8 Å². The van der Waals surface area contributed by atoms with Crippen LogP contribution < -0.4 is 5.32 Å². The first-order valence-corrected chi connectivity index (χ1v) is 10.00. The largest absolute Gasteiger partial charge is 0.356 e. The lowest BCUT2D eigenvalue weighted by atomic mass is 9.87. The van der Waals surface area contributed by atoms with E-state index in [-0.39, 0.29) is 17.9 Å². The zero-order valence-corrected chi connectivity index (χ0v) is 16.2. The highest BCUT2D eigenvalue weighted by atomic mass is 16.2. The highest BCUT2D eigenvalue weighted by molar-refractivity contribution is 5.80. The number of likely N-dealkylation sites (tertiary alicyclic amines) is 1. The lowest BCUT2D eigenvalue weighted by Crippen LogP contribution is -2.35. The fourth-order valence-electron chi connectivity index (χ4n) is 4.66. The van der Waals surface area contributed by atoms with E-state index in [2.05, 4.69) is 41.3 Å². The molecule has 1 N–H and O–H groups in total. The van der Waals surface area contributed by atoms with Gasteiger partial charge in [0.1, 0.15) is 0 Å². The van der Waals surface area contributed by atoms with Gasteiger partial charge in [0.25, 0.3) is 0 Å². The number of aryl methyl sites for hydroxylation is 1. The number of piperidine rings is 1. The summed E-state index contributed by atoms with van der Waals surface area (Å²) in [6, 6.07) is 8.88. The van der Waals surface area contributed by atoms with Crippen LogP contribution in [-0.4, -0.2) is 34.4 Å². The number of amides is 1. The van der Waals surface area contributed by atoms with Crippen molar-refractivity contribution in [1.29, 1.82) is 0 Å². The normalized spacial score (nSPS) is 26.1. The molecule has 4 rings (SSSR count). The maximum Gasteiger partial charge on any atom is 0.223 e. The summed E-state index contributed by atoms with van der Waals surface area (Å²) in [7, 11) is 2.20. The zero-order valence-electron chi connectivity index (χ0n) is 16.2. The molecule has 5 nitrogen and oxygen atoms in total. The van der Waals surface area contributed by atoms with Crippen LogP contribution in [0.3, 0.4) is 0 Å². The minimum Gasteiger partial charge on any atom is -0.356 e. The number of carbonyl (C=O) groups excluding carboxylic acids is 1. The highest BCUT2D eigenvalue weighted by Gasteiger charge is 2.34. The van der Waals surface area contributed by atoms with Gasteiger partial charge < -0.3 is 5.32 Å². The molecule has 1 amide bonds. The van der Waals surface area contributed by atoms with Crippen LogP contribution in [0, 0.1) is 12.8 Å². The summed E-state index contributed by atoms with van der Waals surface area (Å²) in [6.45, 7) is 2.94. The van der Waals surface area contributed by atoms with Crippen LogP contribution in [0.15, 0.2) is 36.7 Å². The van der Waals surface area contributed by atoms with Gasteiger partial charge in [-0.25, -0.2) is 0 Å². The van der Waals surface area contributed by atoms with Crippen LogP contribution in [0.2, 0.25) is 0 Å². The van der Waals surface area contributed by atoms with Crippen molar-refractivity contribution in [1.82, 2.24) is 20.2 Å². The van der Waals surface area contributed by atoms with Gasteiger partial charge in [0, 0.05) is 24.9 Å². The number of nitrogens with one attached hydrogen (secondary N) is 1. The molecular formula is C22H28N4O. The summed E-state index contributed by atoms with van der Waals surface area (Å²) < 4.78 is 0.